The van der Waals surface area contributed by atoms with Gasteiger partial charge in [0.15, 0.2) is 5.16 Å². The molecular formula is C13H16FN5OS. The van der Waals surface area contributed by atoms with Crippen LogP contribution < -0.4 is 11.1 Å². The molecule has 2 rings (SSSR count). The average molecular weight is 309 g/mol. The Morgan fingerprint density at radius 3 is 2.90 bits per heavy atom. The normalized spacial score (nSPS) is 10.6. The Hall–Kier alpha value is -2.09. The zero-order valence-electron chi connectivity index (χ0n) is 11.8. The second-order valence-electron chi connectivity index (χ2n) is 4.47. The summed E-state index contributed by atoms with van der Waals surface area (Å²) < 4.78 is 15.3. The van der Waals surface area contributed by atoms with Crippen molar-refractivity contribution >= 4 is 29.0 Å². The van der Waals surface area contributed by atoms with E-state index in [0.717, 1.165) is 11.0 Å². The van der Waals surface area contributed by atoms with Crippen LogP contribution in [0, 0.1) is 12.7 Å². The Kier molecular flexibility index (Phi) is 4.79. The van der Waals surface area contributed by atoms with E-state index in [9.17, 15) is 9.18 Å². The van der Waals surface area contributed by atoms with Gasteiger partial charge in [0.1, 0.15) is 11.6 Å². The van der Waals surface area contributed by atoms with Crippen molar-refractivity contribution in [3.8, 4) is 0 Å². The topological polar surface area (TPSA) is 85.8 Å². The molecule has 1 aromatic carbocycles. The van der Waals surface area contributed by atoms with Gasteiger partial charge in [0.25, 0.3) is 0 Å². The van der Waals surface area contributed by atoms with Gasteiger partial charge in [-0.05, 0) is 25.1 Å². The Morgan fingerprint density at radius 2 is 2.24 bits per heavy atom. The molecule has 21 heavy (non-hydrogen) atoms. The molecule has 0 aliphatic heterocycles. The summed E-state index contributed by atoms with van der Waals surface area (Å²) in [6.45, 7) is 1.85. The molecular weight excluding hydrogens is 293 g/mol. The Bertz CT molecular complexity index is 658. The standard InChI is InChI=1S/C13H16FN5OS/c1-8-17-18-13(19(8)2)21-6-5-12(20)16-11-7-9(15)3-4-10(11)14/h3-4,7H,5-6,15H2,1-2H3,(H,16,20). The van der Waals surface area contributed by atoms with Gasteiger partial charge < -0.3 is 15.6 Å². The van der Waals surface area contributed by atoms with Crippen LogP contribution in [-0.4, -0.2) is 26.4 Å². The maximum Gasteiger partial charge on any atom is 0.225 e. The fourth-order valence-corrected chi connectivity index (χ4v) is 2.49. The van der Waals surface area contributed by atoms with Gasteiger partial charge in [-0.25, -0.2) is 4.39 Å². The highest BCUT2D eigenvalue weighted by Gasteiger charge is 2.10. The molecule has 2 aromatic rings. The number of aryl methyl sites for hydroxylation is 1. The molecule has 1 amide bonds. The van der Waals surface area contributed by atoms with Gasteiger partial charge in [0.05, 0.1) is 5.69 Å². The molecule has 0 saturated heterocycles. The van der Waals surface area contributed by atoms with Crippen LogP contribution in [0.25, 0.3) is 0 Å². The second kappa shape index (κ2) is 6.57. The number of aromatic nitrogens is 3. The highest BCUT2D eigenvalue weighted by atomic mass is 32.2. The average Bonchev–Trinajstić information content (AvgIpc) is 2.75. The van der Waals surface area contributed by atoms with E-state index in [1.807, 2.05) is 18.5 Å². The van der Waals surface area contributed by atoms with Gasteiger partial charge in [0, 0.05) is 24.9 Å². The van der Waals surface area contributed by atoms with E-state index >= 15 is 0 Å². The van der Waals surface area contributed by atoms with E-state index in [2.05, 4.69) is 15.5 Å². The van der Waals surface area contributed by atoms with Gasteiger partial charge in [0.2, 0.25) is 5.91 Å². The number of carbonyl (C=O) groups is 1. The third-order valence-electron chi connectivity index (χ3n) is 2.88. The van der Waals surface area contributed by atoms with Crippen LogP contribution in [0.5, 0.6) is 0 Å². The van der Waals surface area contributed by atoms with Crippen molar-refractivity contribution < 1.29 is 9.18 Å². The first kappa shape index (κ1) is 15.3. The molecule has 0 aliphatic carbocycles. The molecule has 0 unspecified atom stereocenters. The molecule has 0 spiro atoms. The maximum absolute atomic E-state index is 13.5. The molecule has 0 fully saturated rings. The van der Waals surface area contributed by atoms with Gasteiger partial charge >= 0.3 is 0 Å². The summed E-state index contributed by atoms with van der Waals surface area (Å²) in [4.78, 5) is 11.8. The van der Waals surface area contributed by atoms with Crippen LogP contribution >= 0.6 is 11.8 Å². The highest BCUT2D eigenvalue weighted by Crippen LogP contribution is 2.19. The number of nitrogens with one attached hydrogen (secondary N) is 1. The second-order valence-corrected chi connectivity index (χ2v) is 5.54. The zero-order valence-corrected chi connectivity index (χ0v) is 12.6. The molecule has 3 N–H and O–H groups in total. The third-order valence-corrected chi connectivity index (χ3v) is 3.90. The molecule has 8 heteroatoms. The van der Waals surface area contributed by atoms with E-state index < -0.39 is 5.82 Å². The number of carbonyl (C=O) groups excluding carboxylic acids is 1. The lowest BCUT2D eigenvalue weighted by Crippen LogP contribution is -2.13. The monoisotopic (exact) mass is 309 g/mol. The lowest BCUT2D eigenvalue weighted by Gasteiger charge is -2.07. The zero-order chi connectivity index (χ0) is 15.4. The van der Waals surface area contributed by atoms with Crippen molar-refractivity contribution in [2.75, 3.05) is 16.8 Å². The maximum atomic E-state index is 13.5. The van der Waals surface area contributed by atoms with Crippen molar-refractivity contribution in [1.29, 1.82) is 0 Å². The van der Waals surface area contributed by atoms with Crippen molar-refractivity contribution in [1.82, 2.24) is 14.8 Å². The number of nitrogens with zero attached hydrogens (tertiary/aromatic N) is 3. The number of hydrogen-bond donors (Lipinski definition) is 2. The largest absolute Gasteiger partial charge is 0.399 e. The quantitative estimate of drug-likeness (QED) is 0.651. The number of hydrogen-bond acceptors (Lipinski definition) is 5. The fraction of sp³-hybridized carbons (Fsp3) is 0.308. The number of nitrogen functional groups attached to an aromatic ring is 1. The summed E-state index contributed by atoms with van der Waals surface area (Å²) in [5.41, 5.74) is 6.05. The predicted molar refractivity (Wildman–Crippen MR) is 80.5 cm³/mol. The van der Waals surface area contributed by atoms with Crippen LogP contribution in [0.15, 0.2) is 23.4 Å². The van der Waals surface area contributed by atoms with Crippen LogP contribution in [0.2, 0.25) is 0 Å². The number of nitrogens with two attached hydrogens (primary N) is 1. The van der Waals surface area contributed by atoms with Gasteiger partial charge in [-0.3, -0.25) is 4.79 Å². The van der Waals surface area contributed by atoms with Crippen molar-refractivity contribution in [3.05, 3.63) is 29.8 Å². The Labute approximate surface area is 125 Å². The SMILES string of the molecule is Cc1nnc(SCCC(=O)Nc2cc(N)ccc2F)n1C. The van der Waals surface area contributed by atoms with Crippen molar-refractivity contribution in [3.63, 3.8) is 0 Å². The molecule has 0 aliphatic rings. The summed E-state index contributed by atoms with van der Waals surface area (Å²) in [7, 11) is 1.86. The van der Waals surface area contributed by atoms with E-state index in [4.69, 9.17) is 5.73 Å². The van der Waals surface area contributed by atoms with E-state index in [1.165, 1.54) is 30.0 Å². The van der Waals surface area contributed by atoms with Gasteiger partial charge in [-0.15, -0.1) is 10.2 Å². The molecule has 0 radical (unpaired) electrons. The van der Waals surface area contributed by atoms with E-state index in [0.29, 0.717) is 11.4 Å². The first-order chi connectivity index (χ1) is 9.97. The molecule has 0 bridgehead atoms. The molecule has 1 heterocycles. The Balaban J connectivity index is 1.85. The summed E-state index contributed by atoms with van der Waals surface area (Å²) in [6, 6.07) is 4.06. The number of rotatable bonds is 5. The fourth-order valence-electron chi connectivity index (χ4n) is 1.60. The van der Waals surface area contributed by atoms with Crippen molar-refractivity contribution in [2.45, 2.75) is 18.5 Å². The van der Waals surface area contributed by atoms with E-state index in [-0.39, 0.29) is 18.0 Å². The van der Waals surface area contributed by atoms with Gasteiger partial charge in [-0.2, -0.15) is 0 Å². The number of anilines is 2. The summed E-state index contributed by atoms with van der Waals surface area (Å²) in [6.07, 6.45) is 0.241. The molecule has 0 saturated carbocycles. The lowest BCUT2D eigenvalue weighted by atomic mass is 10.2. The summed E-state index contributed by atoms with van der Waals surface area (Å²) in [5.74, 6) is 0.561. The smallest absolute Gasteiger partial charge is 0.225 e. The summed E-state index contributed by atoms with van der Waals surface area (Å²) in [5, 5.41) is 11.2. The number of amides is 1. The predicted octanol–water partition coefficient (Wildman–Crippen LogP) is 1.97. The Morgan fingerprint density at radius 1 is 1.48 bits per heavy atom. The molecule has 1 aromatic heterocycles. The van der Waals surface area contributed by atoms with Crippen LogP contribution in [0.4, 0.5) is 15.8 Å². The first-order valence-corrected chi connectivity index (χ1v) is 7.29. The molecule has 6 nitrogen and oxygen atoms in total. The first-order valence-electron chi connectivity index (χ1n) is 6.31. The molecule has 112 valence electrons. The van der Waals surface area contributed by atoms with Crippen molar-refractivity contribution in [2.24, 2.45) is 7.05 Å². The van der Waals surface area contributed by atoms with Crippen LogP contribution in [0.1, 0.15) is 12.2 Å². The number of benzene rings is 1. The third kappa shape index (κ3) is 3.94. The van der Waals surface area contributed by atoms with Crippen LogP contribution in [-0.2, 0) is 11.8 Å². The van der Waals surface area contributed by atoms with Crippen LogP contribution in [0.3, 0.4) is 0 Å². The van der Waals surface area contributed by atoms with Gasteiger partial charge in [-0.1, -0.05) is 11.8 Å². The summed E-state index contributed by atoms with van der Waals surface area (Å²) >= 11 is 1.42. The lowest BCUT2D eigenvalue weighted by molar-refractivity contribution is -0.115. The number of thioether (sulfide) groups is 1. The minimum atomic E-state index is -0.505. The molecule has 0 atom stereocenters. The highest BCUT2D eigenvalue weighted by molar-refractivity contribution is 7.99. The van der Waals surface area contributed by atoms with E-state index in [1.54, 1.807) is 0 Å². The number of halogens is 1. The minimum Gasteiger partial charge on any atom is -0.399 e. The minimum absolute atomic E-state index is 0.0968.